The zero-order chi connectivity index (χ0) is 58.6. The second kappa shape index (κ2) is 28.3. The largest absolute Gasteiger partial charge is 0.497 e. The zero-order valence-electron chi connectivity index (χ0n) is 44.8. The number of methoxy groups -OCH3 is 1. The van der Waals surface area contributed by atoms with Crippen molar-refractivity contribution in [3.8, 4) is 28.7 Å². The van der Waals surface area contributed by atoms with E-state index in [2.05, 4.69) is 9.72 Å². The highest BCUT2D eigenvalue weighted by atomic mass is 35.5. The molecule has 7 aromatic rings. The van der Waals surface area contributed by atoms with E-state index in [1.165, 1.54) is 43.6 Å². The molecule has 2 aliphatic carbocycles. The predicted octanol–water partition coefficient (Wildman–Crippen LogP) is 14.9. The van der Waals surface area contributed by atoms with E-state index in [0.29, 0.717) is 73.0 Å². The number of benzene rings is 5. The van der Waals surface area contributed by atoms with E-state index in [1.54, 1.807) is 80.5 Å². The molecule has 13 nitrogen and oxygen atoms in total. The van der Waals surface area contributed by atoms with Gasteiger partial charge in [0.05, 0.1) is 36.3 Å². The fourth-order valence-electron chi connectivity index (χ4n) is 8.63. The highest BCUT2D eigenvalue weighted by Crippen LogP contribution is 2.41. The summed E-state index contributed by atoms with van der Waals surface area (Å²) in [6.07, 6.45) is 7.16. The van der Waals surface area contributed by atoms with Crippen LogP contribution in [-0.2, 0) is 48.5 Å². The standard InChI is InChI=1S/C32H29Cl2F2NO5.C29H28Cl2F2NO6/c1-18(20-5-6-22-12-24(39-2)9-7-21(22)11-20)31(38)41-29(14-25-26(33)15-37-16-27(25)34)23-8-10-28(42-32(35)36)30(13-23)40-17-19-3-4-19;1-17(35)38-27(19-6-4-3-5-7-19)28(36)39-25(13-21-22(30)14-34(2)15-23(21)31)20-10-11-24(40-29(32)33)26(12-20)37-16-18-8-9-18/h5-13,15-16,18-19,29,32H,3-4,14,17H2,1-2H3;3-7,10-12,14-15,18,25,27,29H,8-9,13,16H2,1-2H3/q;+1/t18-,29?;25?,27-/m00/s1. The predicted molar refractivity (Wildman–Crippen MR) is 299 cm³/mol. The number of esters is 3. The van der Waals surface area contributed by atoms with E-state index in [-0.39, 0.29) is 35.8 Å². The summed E-state index contributed by atoms with van der Waals surface area (Å²) < 4.78 is 97.7. The second-order valence-electron chi connectivity index (χ2n) is 19.7. The number of hydrogen-bond acceptors (Lipinski definition) is 12. The molecule has 0 aliphatic heterocycles. The quantitative estimate of drug-likeness (QED) is 0.0246. The molecule has 0 amide bonds. The molecule has 21 heteroatoms. The van der Waals surface area contributed by atoms with Crippen molar-refractivity contribution in [3.63, 3.8) is 0 Å². The van der Waals surface area contributed by atoms with E-state index in [9.17, 15) is 31.9 Å². The lowest BCUT2D eigenvalue weighted by atomic mass is 9.97. The lowest BCUT2D eigenvalue weighted by Gasteiger charge is -2.24. The number of halogens is 8. The van der Waals surface area contributed by atoms with Gasteiger partial charge < -0.3 is 37.9 Å². The van der Waals surface area contributed by atoms with Crippen LogP contribution in [0.1, 0.15) is 97.1 Å². The minimum atomic E-state index is -3.05. The van der Waals surface area contributed by atoms with Gasteiger partial charge in [-0.25, -0.2) is 9.36 Å². The molecule has 82 heavy (non-hydrogen) atoms. The van der Waals surface area contributed by atoms with Crippen LogP contribution in [0.4, 0.5) is 17.6 Å². The zero-order valence-corrected chi connectivity index (χ0v) is 47.8. The van der Waals surface area contributed by atoms with Gasteiger partial charge in [0.25, 0.3) is 0 Å². The van der Waals surface area contributed by atoms with Crippen LogP contribution in [0.3, 0.4) is 0 Å². The summed E-state index contributed by atoms with van der Waals surface area (Å²) in [4.78, 5) is 42.9. The molecule has 2 heterocycles. The Morgan fingerprint density at radius 1 is 0.585 bits per heavy atom. The first-order valence-corrected chi connectivity index (χ1v) is 27.6. The van der Waals surface area contributed by atoms with E-state index in [1.807, 2.05) is 36.4 Å². The first kappa shape index (κ1) is 61.0. The topological polar surface area (TPSA) is 142 Å². The number of ether oxygens (including phenoxy) is 8. The van der Waals surface area contributed by atoms with Crippen molar-refractivity contribution < 1.29 is 74.4 Å². The number of aryl methyl sites for hydroxylation is 1. The number of aromatic nitrogens is 2. The molecule has 2 unspecified atom stereocenters. The normalized spacial score (nSPS) is 14.4. The van der Waals surface area contributed by atoms with Gasteiger partial charge in [0.15, 0.2) is 35.4 Å². The minimum Gasteiger partial charge on any atom is -0.497 e. The van der Waals surface area contributed by atoms with Crippen LogP contribution in [0.2, 0.25) is 20.1 Å². The van der Waals surface area contributed by atoms with Crippen LogP contribution in [0.15, 0.2) is 128 Å². The molecule has 5 aromatic carbocycles. The van der Waals surface area contributed by atoms with Crippen molar-refractivity contribution in [3.05, 3.63) is 181 Å². The fourth-order valence-corrected chi connectivity index (χ4v) is 9.86. The monoisotopic (exact) mass is 1210 g/mol. The molecule has 2 aromatic heterocycles. The lowest BCUT2D eigenvalue weighted by Crippen LogP contribution is -2.28. The Morgan fingerprint density at radius 2 is 1.07 bits per heavy atom. The number of rotatable bonds is 24. The number of alkyl halides is 4. The summed E-state index contributed by atoms with van der Waals surface area (Å²) in [5.41, 5.74) is 3.14. The summed E-state index contributed by atoms with van der Waals surface area (Å²) in [5, 5.41) is 3.21. The fraction of sp³-hybridized carbons (Fsp3) is 0.328. The third-order valence-corrected chi connectivity index (χ3v) is 14.7. The maximum absolute atomic E-state index is 13.6. The van der Waals surface area contributed by atoms with Gasteiger partial charge >= 0.3 is 31.1 Å². The molecule has 432 valence electrons. The van der Waals surface area contributed by atoms with Gasteiger partial charge in [-0.15, -0.1) is 0 Å². The van der Waals surface area contributed by atoms with Crippen LogP contribution in [0.25, 0.3) is 10.8 Å². The molecule has 0 spiro atoms. The SMILES string of the molecule is CC(=O)O[C@H](C(=O)OC(Cc1c(Cl)c[n+](C)cc1Cl)c1ccc(OC(F)F)c(OCC2CC2)c1)c1ccccc1.COc1ccc2cc([C@H](C)C(=O)OC(Cc3c(Cl)cncc3Cl)c3ccc(OC(F)F)c(OCC4CC4)c3)ccc2c1. The van der Waals surface area contributed by atoms with Crippen LogP contribution >= 0.6 is 46.4 Å². The average Bonchev–Trinajstić information content (AvgIpc) is 4.48. The number of carbonyl (C=O) groups is 3. The maximum Gasteiger partial charge on any atom is 0.387 e. The summed E-state index contributed by atoms with van der Waals surface area (Å²) in [5.74, 6) is -1.17. The number of nitrogens with zero attached hydrogens (tertiary/aromatic N) is 2. The molecule has 0 radical (unpaired) electrons. The van der Waals surface area contributed by atoms with Gasteiger partial charge in [0.2, 0.25) is 6.10 Å². The first-order valence-electron chi connectivity index (χ1n) is 26.1. The van der Waals surface area contributed by atoms with E-state index >= 15 is 0 Å². The maximum atomic E-state index is 13.6. The van der Waals surface area contributed by atoms with Crippen molar-refractivity contribution in [1.82, 2.24) is 4.98 Å². The summed E-state index contributed by atoms with van der Waals surface area (Å²) >= 11 is 25.8. The Balaban J connectivity index is 0.000000215. The van der Waals surface area contributed by atoms with E-state index in [4.69, 9.17) is 79.6 Å². The smallest absolute Gasteiger partial charge is 0.387 e. The van der Waals surface area contributed by atoms with Crippen molar-refractivity contribution in [2.24, 2.45) is 18.9 Å². The number of fused-ring (bicyclic) bond motifs is 1. The number of pyridine rings is 2. The van der Waals surface area contributed by atoms with Gasteiger partial charge in [-0.3, -0.25) is 14.6 Å². The highest BCUT2D eigenvalue weighted by Gasteiger charge is 2.33. The molecule has 9 rings (SSSR count). The van der Waals surface area contributed by atoms with Crippen molar-refractivity contribution >= 4 is 75.1 Å². The van der Waals surface area contributed by atoms with Gasteiger partial charge in [0.1, 0.15) is 35.1 Å². The Hall–Kier alpha value is -7.05. The molecule has 2 aliphatic rings. The third-order valence-electron chi connectivity index (χ3n) is 13.4. The lowest BCUT2D eigenvalue weighted by molar-refractivity contribution is -0.671. The van der Waals surface area contributed by atoms with E-state index < -0.39 is 55.4 Å². The molecular weight excluding hydrogens is 1150 g/mol. The van der Waals surface area contributed by atoms with Crippen molar-refractivity contribution in [2.45, 2.75) is 89.8 Å². The van der Waals surface area contributed by atoms with Crippen LogP contribution in [0, 0.1) is 11.8 Å². The first-order chi connectivity index (χ1) is 39.3. The Kier molecular flexibility index (Phi) is 21.1. The highest BCUT2D eigenvalue weighted by molar-refractivity contribution is 6.36. The summed E-state index contributed by atoms with van der Waals surface area (Å²) in [7, 11) is 3.37. The Morgan fingerprint density at radius 3 is 1.57 bits per heavy atom. The van der Waals surface area contributed by atoms with Gasteiger partial charge in [-0.2, -0.15) is 17.6 Å². The molecule has 0 saturated heterocycles. The minimum absolute atomic E-state index is 0.0307. The number of hydrogen-bond donors (Lipinski definition) is 0. The van der Waals surface area contributed by atoms with Crippen LogP contribution < -0.4 is 28.3 Å². The van der Waals surface area contributed by atoms with Crippen molar-refractivity contribution in [2.75, 3.05) is 20.3 Å². The van der Waals surface area contributed by atoms with Gasteiger partial charge in [-0.1, -0.05) is 113 Å². The molecule has 0 bridgehead atoms. The summed E-state index contributed by atoms with van der Waals surface area (Å²) in [6, 6.07) is 28.7. The third kappa shape index (κ3) is 17.0. The second-order valence-corrected chi connectivity index (χ2v) is 21.3. The average molecular weight is 1210 g/mol. The molecule has 2 saturated carbocycles. The summed E-state index contributed by atoms with van der Waals surface area (Å²) in [6.45, 7) is -2.41. The Bertz CT molecular complexity index is 3330. The molecule has 4 atom stereocenters. The Labute approximate surface area is 491 Å². The van der Waals surface area contributed by atoms with Gasteiger partial charge in [0, 0.05) is 43.3 Å². The van der Waals surface area contributed by atoms with Gasteiger partial charge in [-0.05, 0) is 114 Å². The molecule has 0 N–H and O–H groups in total. The van der Waals surface area contributed by atoms with E-state index in [0.717, 1.165) is 47.8 Å². The van der Waals surface area contributed by atoms with Crippen LogP contribution in [0.5, 0.6) is 28.7 Å². The molecule has 2 fully saturated rings. The van der Waals surface area contributed by atoms with Crippen LogP contribution in [-0.4, -0.2) is 56.4 Å². The number of carbonyl (C=O) groups excluding carboxylic acids is 3. The molecular formula is C61H57Cl4F4N2O11+. The van der Waals surface area contributed by atoms with Crippen molar-refractivity contribution in [1.29, 1.82) is 0 Å².